The zero-order chi connectivity index (χ0) is 16.0. The van der Waals surface area contributed by atoms with E-state index < -0.39 is 0 Å². The first-order valence-electron chi connectivity index (χ1n) is 7.81. The van der Waals surface area contributed by atoms with E-state index in [1.807, 2.05) is 18.2 Å². The first-order chi connectivity index (χ1) is 11.2. The van der Waals surface area contributed by atoms with Crippen molar-refractivity contribution >= 4 is 22.5 Å². The number of benzene rings is 1. The molecule has 0 bridgehead atoms. The number of amides is 1. The summed E-state index contributed by atoms with van der Waals surface area (Å²) in [5.74, 6) is -0.148. The maximum atomic E-state index is 12.8. The summed E-state index contributed by atoms with van der Waals surface area (Å²) >= 11 is 0. The number of aromatic nitrogens is 4. The van der Waals surface area contributed by atoms with Crippen molar-refractivity contribution in [2.24, 2.45) is 7.05 Å². The molecule has 0 spiro atoms. The molecule has 0 unspecified atom stereocenters. The quantitative estimate of drug-likeness (QED) is 0.677. The van der Waals surface area contributed by atoms with Gasteiger partial charge in [-0.3, -0.25) is 14.2 Å². The number of piperidine rings is 1. The summed E-state index contributed by atoms with van der Waals surface area (Å²) in [6.07, 6.45) is 3.16. The number of rotatable bonds is 1. The molecule has 3 aromatic rings. The van der Waals surface area contributed by atoms with Crippen LogP contribution in [-0.2, 0) is 7.05 Å². The zero-order valence-corrected chi connectivity index (χ0v) is 12.9. The summed E-state index contributed by atoms with van der Waals surface area (Å²) in [5, 5.41) is 8.77. The number of carbonyl (C=O) groups is 1. The Morgan fingerprint density at radius 3 is 2.65 bits per heavy atom. The zero-order valence-electron chi connectivity index (χ0n) is 12.9. The molecule has 1 aliphatic heterocycles. The minimum absolute atomic E-state index is 0.148. The van der Waals surface area contributed by atoms with Gasteiger partial charge >= 0.3 is 0 Å². The van der Waals surface area contributed by atoms with Gasteiger partial charge in [0.15, 0.2) is 11.3 Å². The van der Waals surface area contributed by atoms with Gasteiger partial charge in [0.1, 0.15) is 0 Å². The minimum atomic E-state index is -0.150. The summed E-state index contributed by atoms with van der Waals surface area (Å²) in [7, 11) is 1.65. The van der Waals surface area contributed by atoms with Crippen LogP contribution < -0.4 is 5.56 Å². The van der Waals surface area contributed by atoms with Crippen LogP contribution in [0.3, 0.4) is 0 Å². The normalized spacial score (nSPS) is 15.4. The van der Waals surface area contributed by atoms with Crippen LogP contribution in [0, 0.1) is 0 Å². The molecule has 0 atom stereocenters. The van der Waals surface area contributed by atoms with Crippen molar-refractivity contribution < 1.29 is 4.79 Å². The third kappa shape index (κ3) is 2.03. The molecule has 7 nitrogen and oxygen atoms in total. The fourth-order valence-electron chi connectivity index (χ4n) is 3.24. The molecule has 0 N–H and O–H groups in total. The highest BCUT2D eigenvalue weighted by molar-refractivity contribution is 5.99. The van der Waals surface area contributed by atoms with Crippen LogP contribution >= 0.6 is 0 Å². The van der Waals surface area contributed by atoms with Crippen molar-refractivity contribution in [2.45, 2.75) is 19.3 Å². The minimum Gasteiger partial charge on any atom is -0.337 e. The van der Waals surface area contributed by atoms with Gasteiger partial charge in [0.2, 0.25) is 0 Å². The van der Waals surface area contributed by atoms with Crippen LogP contribution in [0.1, 0.15) is 29.8 Å². The van der Waals surface area contributed by atoms with Crippen molar-refractivity contribution in [3.05, 3.63) is 40.3 Å². The van der Waals surface area contributed by atoms with E-state index in [9.17, 15) is 9.59 Å². The van der Waals surface area contributed by atoms with Crippen LogP contribution in [0.2, 0.25) is 0 Å². The largest absolute Gasteiger partial charge is 0.337 e. The lowest BCUT2D eigenvalue weighted by atomic mass is 10.1. The fraction of sp³-hybridized carbons (Fsp3) is 0.375. The Bertz CT molecular complexity index is 966. The molecule has 4 rings (SSSR count). The van der Waals surface area contributed by atoms with E-state index in [4.69, 9.17) is 0 Å². The standard InChI is InChI=1S/C16H17N5O2/c1-19-14-13(16(23)20-9-5-2-6-10-20)17-18-21(14)12-8-4-3-7-11(12)15(19)22/h3-4,7-8H,2,5-6,9-10H2,1H3. The van der Waals surface area contributed by atoms with Crippen molar-refractivity contribution in [1.29, 1.82) is 0 Å². The van der Waals surface area contributed by atoms with Gasteiger partial charge in [-0.1, -0.05) is 17.3 Å². The second kappa shape index (κ2) is 5.19. The summed E-state index contributed by atoms with van der Waals surface area (Å²) in [6.45, 7) is 1.47. The molecule has 2 aromatic heterocycles. The van der Waals surface area contributed by atoms with Crippen LogP contribution in [0.15, 0.2) is 29.1 Å². The third-order valence-corrected chi connectivity index (χ3v) is 4.48. The predicted molar refractivity (Wildman–Crippen MR) is 85.5 cm³/mol. The number of fused-ring (bicyclic) bond motifs is 3. The Hall–Kier alpha value is -2.70. The Kier molecular flexibility index (Phi) is 3.14. The average molecular weight is 311 g/mol. The van der Waals surface area contributed by atoms with E-state index in [1.54, 1.807) is 22.5 Å². The number of nitrogens with zero attached hydrogens (tertiary/aromatic N) is 5. The van der Waals surface area contributed by atoms with Gasteiger partial charge in [0.05, 0.1) is 10.9 Å². The smallest absolute Gasteiger partial charge is 0.278 e. The second-order valence-corrected chi connectivity index (χ2v) is 5.91. The Morgan fingerprint density at radius 2 is 1.87 bits per heavy atom. The molecule has 1 aromatic carbocycles. The summed E-state index contributed by atoms with van der Waals surface area (Å²) < 4.78 is 3.04. The lowest BCUT2D eigenvalue weighted by molar-refractivity contribution is 0.0720. The van der Waals surface area contributed by atoms with Crippen LogP contribution in [0.5, 0.6) is 0 Å². The topological polar surface area (TPSA) is 72.5 Å². The summed E-state index contributed by atoms with van der Waals surface area (Å²) in [6, 6.07) is 7.22. The molecule has 0 saturated carbocycles. The Morgan fingerprint density at radius 1 is 1.13 bits per heavy atom. The van der Waals surface area contributed by atoms with Gasteiger partial charge in [-0.15, -0.1) is 5.10 Å². The molecule has 3 heterocycles. The highest BCUT2D eigenvalue weighted by atomic mass is 16.2. The second-order valence-electron chi connectivity index (χ2n) is 5.91. The molecule has 1 aliphatic rings. The van der Waals surface area contributed by atoms with Gasteiger partial charge < -0.3 is 4.90 Å². The Labute approximate surface area is 132 Å². The van der Waals surface area contributed by atoms with E-state index in [0.29, 0.717) is 16.6 Å². The van der Waals surface area contributed by atoms with Crippen molar-refractivity contribution in [2.75, 3.05) is 13.1 Å². The van der Waals surface area contributed by atoms with E-state index in [2.05, 4.69) is 10.3 Å². The highest BCUT2D eigenvalue weighted by Gasteiger charge is 2.25. The number of likely N-dealkylation sites (tertiary alicyclic amines) is 1. The van der Waals surface area contributed by atoms with Gasteiger partial charge in [0, 0.05) is 20.1 Å². The molecular weight excluding hydrogens is 294 g/mol. The first kappa shape index (κ1) is 13.9. The number of para-hydroxylation sites is 1. The van der Waals surface area contributed by atoms with Crippen molar-refractivity contribution in [1.82, 2.24) is 24.3 Å². The van der Waals surface area contributed by atoms with Gasteiger partial charge in [-0.2, -0.15) is 4.52 Å². The Balaban J connectivity index is 1.96. The highest BCUT2D eigenvalue weighted by Crippen LogP contribution is 2.17. The SMILES string of the molecule is Cn1c(=O)c2ccccc2n2nnc(C(=O)N3CCCCC3)c12. The monoisotopic (exact) mass is 311 g/mol. The van der Waals surface area contributed by atoms with Crippen molar-refractivity contribution in [3.8, 4) is 0 Å². The molecule has 1 saturated heterocycles. The molecule has 1 amide bonds. The molecular formula is C16H17N5O2. The van der Waals surface area contributed by atoms with E-state index in [-0.39, 0.29) is 17.2 Å². The van der Waals surface area contributed by atoms with Crippen LogP contribution in [-0.4, -0.2) is 43.3 Å². The fourth-order valence-corrected chi connectivity index (χ4v) is 3.24. The maximum absolute atomic E-state index is 12.8. The van der Waals surface area contributed by atoms with Crippen molar-refractivity contribution in [3.63, 3.8) is 0 Å². The van der Waals surface area contributed by atoms with Crippen LogP contribution in [0.4, 0.5) is 0 Å². The number of hydrogen-bond donors (Lipinski definition) is 0. The third-order valence-electron chi connectivity index (χ3n) is 4.48. The lowest BCUT2D eigenvalue weighted by Gasteiger charge is -2.25. The molecule has 0 radical (unpaired) electrons. The number of aryl methyl sites for hydroxylation is 1. The molecule has 118 valence electrons. The van der Waals surface area contributed by atoms with E-state index >= 15 is 0 Å². The first-order valence-corrected chi connectivity index (χ1v) is 7.81. The number of hydrogen-bond acceptors (Lipinski definition) is 4. The predicted octanol–water partition coefficient (Wildman–Crippen LogP) is 1.21. The number of carbonyl (C=O) groups excluding carboxylic acids is 1. The maximum Gasteiger partial charge on any atom is 0.278 e. The lowest BCUT2D eigenvalue weighted by Crippen LogP contribution is -2.36. The molecule has 1 fully saturated rings. The van der Waals surface area contributed by atoms with Gasteiger partial charge in [-0.25, -0.2) is 0 Å². The molecule has 0 aliphatic carbocycles. The van der Waals surface area contributed by atoms with E-state index in [0.717, 1.165) is 32.4 Å². The van der Waals surface area contributed by atoms with Gasteiger partial charge in [0.25, 0.3) is 11.5 Å². The van der Waals surface area contributed by atoms with Gasteiger partial charge in [-0.05, 0) is 31.4 Å². The van der Waals surface area contributed by atoms with Crippen LogP contribution in [0.25, 0.3) is 16.6 Å². The summed E-state index contributed by atoms with van der Waals surface area (Å²) in [4.78, 5) is 27.1. The molecule has 7 heteroatoms. The molecule has 23 heavy (non-hydrogen) atoms. The average Bonchev–Trinajstić information content (AvgIpc) is 3.05. The van der Waals surface area contributed by atoms with E-state index in [1.165, 1.54) is 4.57 Å². The summed E-state index contributed by atoms with van der Waals surface area (Å²) in [5.41, 5.74) is 1.21.